The van der Waals surface area contributed by atoms with Crippen LogP contribution in [0.2, 0.25) is 18.1 Å². The molecule has 2 fully saturated rings. The molecule has 33 heavy (non-hydrogen) atoms. The largest absolute Gasteiger partial charge is 0.417 e. The minimum Gasteiger partial charge on any atom is -0.417 e. The van der Waals surface area contributed by atoms with Gasteiger partial charge in [0.05, 0.1) is 5.60 Å². The minimum atomic E-state index is -1.76. The topological polar surface area (TPSA) is 29.5 Å². The molecule has 0 aromatic heterocycles. The molecule has 1 N–H and O–H groups in total. The molecule has 2 rings (SSSR count). The fourth-order valence-corrected chi connectivity index (χ4v) is 8.11. The predicted molar refractivity (Wildman–Crippen MR) is 145 cm³/mol. The van der Waals surface area contributed by atoms with Gasteiger partial charge < -0.3 is 9.53 Å². The van der Waals surface area contributed by atoms with Gasteiger partial charge in [-0.2, -0.15) is 0 Å². The van der Waals surface area contributed by atoms with Crippen LogP contribution in [0.3, 0.4) is 0 Å². The standard InChI is InChI=1S/C30H52O2Si/c1-11-14-24(15-12-2)21-25-18-20-29(8)26(16-17-27(29)30(25,31)19-13-3)23(4)22-32-33(9,10)28(5,6)7/h1,12-13,23-27,31H,2-3,14-22H2,4-10H3/t23-,24?,25+,26-,27?,29-,30+/m1/s1. The molecule has 2 unspecified atom stereocenters. The molecule has 7 atom stereocenters. The van der Waals surface area contributed by atoms with E-state index in [1.54, 1.807) is 0 Å². The molecule has 0 aromatic carbocycles. The Morgan fingerprint density at radius 1 is 1.21 bits per heavy atom. The third-order valence-corrected chi connectivity index (χ3v) is 14.4. The Morgan fingerprint density at radius 2 is 1.88 bits per heavy atom. The molecule has 0 aliphatic heterocycles. The zero-order chi connectivity index (χ0) is 25.1. The molecular formula is C30H52O2Si. The van der Waals surface area contributed by atoms with Gasteiger partial charge in [-0.05, 0) is 98.1 Å². The van der Waals surface area contributed by atoms with E-state index in [-0.39, 0.29) is 16.4 Å². The van der Waals surface area contributed by atoms with Crippen LogP contribution < -0.4 is 0 Å². The van der Waals surface area contributed by atoms with E-state index < -0.39 is 13.9 Å². The Balaban J connectivity index is 2.21. The van der Waals surface area contributed by atoms with Crippen LogP contribution >= 0.6 is 0 Å². The van der Waals surface area contributed by atoms with Crippen molar-refractivity contribution in [3.8, 4) is 12.3 Å². The van der Waals surface area contributed by atoms with Crippen molar-refractivity contribution < 1.29 is 9.53 Å². The van der Waals surface area contributed by atoms with E-state index >= 15 is 0 Å². The summed E-state index contributed by atoms with van der Waals surface area (Å²) in [4.78, 5) is 0. The molecule has 0 saturated heterocycles. The summed E-state index contributed by atoms with van der Waals surface area (Å²) in [5, 5.41) is 12.5. The van der Waals surface area contributed by atoms with Gasteiger partial charge in [-0.3, -0.25) is 0 Å². The molecule has 2 nitrogen and oxygen atoms in total. The van der Waals surface area contributed by atoms with Crippen molar-refractivity contribution in [2.45, 2.75) is 110 Å². The molecular weight excluding hydrogens is 420 g/mol. The summed E-state index contributed by atoms with van der Waals surface area (Å²) in [6, 6.07) is 0. The van der Waals surface area contributed by atoms with Gasteiger partial charge in [0.2, 0.25) is 0 Å². The van der Waals surface area contributed by atoms with Crippen molar-refractivity contribution in [3.63, 3.8) is 0 Å². The number of aliphatic hydroxyl groups is 1. The molecule has 2 saturated carbocycles. The summed E-state index contributed by atoms with van der Waals surface area (Å²) < 4.78 is 6.65. The summed E-state index contributed by atoms with van der Waals surface area (Å²) >= 11 is 0. The number of allylic oxidation sites excluding steroid dienone is 1. The average Bonchev–Trinajstić information content (AvgIpc) is 3.07. The quantitative estimate of drug-likeness (QED) is 0.187. The van der Waals surface area contributed by atoms with Gasteiger partial charge >= 0.3 is 0 Å². The maximum Gasteiger partial charge on any atom is 0.191 e. The second-order valence-electron chi connectivity index (χ2n) is 13.0. The van der Waals surface area contributed by atoms with E-state index in [4.69, 9.17) is 10.8 Å². The molecule has 0 radical (unpaired) electrons. The van der Waals surface area contributed by atoms with E-state index in [0.29, 0.717) is 30.1 Å². The number of hydrogen-bond acceptors (Lipinski definition) is 2. The maximum atomic E-state index is 12.2. The zero-order valence-corrected chi connectivity index (χ0v) is 23.8. The highest BCUT2D eigenvalue weighted by Crippen LogP contribution is 2.63. The van der Waals surface area contributed by atoms with Gasteiger partial charge in [-0.15, -0.1) is 25.5 Å². The van der Waals surface area contributed by atoms with E-state index in [0.717, 1.165) is 38.7 Å². The highest BCUT2D eigenvalue weighted by Gasteiger charge is 2.60. The van der Waals surface area contributed by atoms with Crippen molar-refractivity contribution in [3.05, 3.63) is 25.3 Å². The van der Waals surface area contributed by atoms with E-state index in [2.05, 4.69) is 66.8 Å². The molecule has 0 amide bonds. The molecule has 188 valence electrons. The SMILES string of the molecule is C#CCC(CC=C)C[C@@H]1CC[C@@]2(C)C(CC[C@@H]2[C@H](C)CO[Si](C)(C)C(C)(C)C)[C@]1(O)CC=C. The number of fused-ring (bicyclic) bond motifs is 1. The van der Waals surface area contributed by atoms with Gasteiger partial charge in [-0.25, -0.2) is 0 Å². The first-order chi connectivity index (χ1) is 15.3. The van der Waals surface area contributed by atoms with Crippen molar-refractivity contribution in [2.75, 3.05) is 6.61 Å². The highest BCUT2D eigenvalue weighted by atomic mass is 28.4. The molecule has 2 aliphatic rings. The fraction of sp³-hybridized carbons (Fsp3) is 0.800. The Bertz CT molecular complexity index is 714. The van der Waals surface area contributed by atoms with E-state index in [9.17, 15) is 5.11 Å². The van der Waals surface area contributed by atoms with Gasteiger partial charge in [-0.1, -0.05) is 46.8 Å². The molecule has 0 bridgehead atoms. The summed E-state index contributed by atoms with van der Waals surface area (Å²) in [6.07, 6.45) is 17.5. The Labute approximate surface area is 206 Å². The second kappa shape index (κ2) is 10.8. The summed E-state index contributed by atoms with van der Waals surface area (Å²) in [5.41, 5.74) is -0.526. The van der Waals surface area contributed by atoms with Crippen molar-refractivity contribution in [2.24, 2.45) is 35.0 Å². The molecule has 2 aliphatic carbocycles. The number of rotatable bonds is 11. The third kappa shape index (κ3) is 5.88. The van der Waals surface area contributed by atoms with Crippen LogP contribution in [0, 0.1) is 47.3 Å². The van der Waals surface area contributed by atoms with Crippen LogP contribution in [-0.4, -0.2) is 25.6 Å². The maximum absolute atomic E-state index is 12.2. The van der Waals surface area contributed by atoms with Gasteiger partial charge in [0.1, 0.15) is 0 Å². The summed E-state index contributed by atoms with van der Waals surface area (Å²) in [6.45, 7) is 25.3. The Kier molecular flexibility index (Phi) is 9.33. The van der Waals surface area contributed by atoms with Gasteiger partial charge in [0.25, 0.3) is 0 Å². The van der Waals surface area contributed by atoms with Crippen molar-refractivity contribution >= 4 is 8.32 Å². The molecule has 0 heterocycles. The number of terminal acetylenes is 1. The van der Waals surface area contributed by atoms with Gasteiger partial charge in [0.15, 0.2) is 8.32 Å². The van der Waals surface area contributed by atoms with Crippen LogP contribution in [0.25, 0.3) is 0 Å². The summed E-state index contributed by atoms with van der Waals surface area (Å²) in [5.74, 6) is 4.97. The van der Waals surface area contributed by atoms with Crippen molar-refractivity contribution in [1.82, 2.24) is 0 Å². The first-order valence-electron chi connectivity index (χ1n) is 13.3. The van der Waals surface area contributed by atoms with Crippen LogP contribution in [0.4, 0.5) is 0 Å². The minimum absolute atomic E-state index is 0.157. The second-order valence-corrected chi connectivity index (χ2v) is 17.9. The summed E-state index contributed by atoms with van der Waals surface area (Å²) in [7, 11) is -1.76. The monoisotopic (exact) mass is 472 g/mol. The Morgan fingerprint density at radius 3 is 2.42 bits per heavy atom. The van der Waals surface area contributed by atoms with Crippen LogP contribution in [-0.2, 0) is 4.43 Å². The van der Waals surface area contributed by atoms with Crippen molar-refractivity contribution in [1.29, 1.82) is 0 Å². The predicted octanol–water partition coefficient (Wildman–Crippen LogP) is 8.00. The van der Waals surface area contributed by atoms with Crippen LogP contribution in [0.5, 0.6) is 0 Å². The lowest BCUT2D eigenvalue weighted by Crippen LogP contribution is -2.55. The lowest BCUT2D eigenvalue weighted by molar-refractivity contribution is -0.151. The lowest BCUT2D eigenvalue weighted by Gasteiger charge is -2.55. The van der Waals surface area contributed by atoms with Crippen LogP contribution in [0.1, 0.15) is 86.0 Å². The fourth-order valence-electron chi connectivity index (χ4n) is 7.00. The smallest absolute Gasteiger partial charge is 0.191 e. The third-order valence-electron chi connectivity index (χ3n) is 9.95. The molecule has 0 spiro atoms. The zero-order valence-electron chi connectivity index (χ0n) is 22.8. The van der Waals surface area contributed by atoms with E-state index in [1.807, 2.05) is 12.2 Å². The average molecular weight is 473 g/mol. The first kappa shape index (κ1) is 28.4. The number of hydrogen-bond donors (Lipinski definition) is 1. The van der Waals surface area contributed by atoms with Gasteiger partial charge in [0, 0.05) is 13.0 Å². The lowest BCUT2D eigenvalue weighted by atomic mass is 9.53. The molecule has 3 heteroatoms. The van der Waals surface area contributed by atoms with Crippen LogP contribution in [0.15, 0.2) is 25.3 Å². The highest BCUT2D eigenvalue weighted by molar-refractivity contribution is 6.74. The Hall–Kier alpha value is -0.823. The molecule has 0 aromatic rings. The normalized spacial score (nSPS) is 34.2. The van der Waals surface area contributed by atoms with E-state index in [1.165, 1.54) is 12.8 Å². The first-order valence-corrected chi connectivity index (χ1v) is 16.2.